The van der Waals surface area contributed by atoms with Crippen molar-refractivity contribution >= 4 is 5.57 Å². The van der Waals surface area contributed by atoms with E-state index in [-0.39, 0.29) is 0 Å². The lowest BCUT2D eigenvalue weighted by molar-refractivity contribution is 0.913. The molecule has 0 unspecified atom stereocenters. The third kappa shape index (κ3) is 2.84. The van der Waals surface area contributed by atoms with Crippen LogP contribution in [0.4, 0.5) is 0 Å². The Morgan fingerprint density at radius 2 is 2.29 bits per heavy atom. The maximum atomic E-state index is 4.37. The highest BCUT2D eigenvalue weighted by Crippen LogP contribution is 2.11. The fourth-order valence-electron chi connectivity index (χ4n) is 1.34. The number of rotatable bonds is 4. The van der Waals surface area contributed by atoms with Gasteiger partial charge in [-0.25, -0.2) is 0 Å². The predicted octanol–water partition coefficient (Wildman–Crippen LogP) is 3.62. The first-order valence-corrected chi connectivity index (χ1v) is 5.04. The molecule has 1 aromatic rings. The Kier molecular flexibility index (Phi) is 4.11. The van der Waals surface area contributed by atoms with E-state index < -0.39 is 0 Å². The molecule has 74 valence electrons. The number of aromatic nitrogens is 1. The molecule has 0 spiro atoms. The number of hydrogen-bond acceptors (Lipinski definition) is 1. The Hall–Kier alpha value is -1.37. The zero-order valence-corrected chi connectivity index (χ0v) is 8.96. The van der Waals surface area contributed by atoms with Crippen molar-refractivity contribution in [3.63, 3.8) is 0 Å². The van der Waals surface area contributed by atoms with E-state index in [0.717, 1.165) is 24.1 Å². The highest BCUT2D eigenvalue weighted by atomic mass is 14.7. The van der Waals surface area contributed by atoms with Crippen molar-refractivity contribution in [3.05, 3.63) is 48.3 Å². The van der Waals surface area contributed by atoms with Gasteiger partial charge in [0, 0.05) is 6.20 Å². The number of nitrogens with zero attached hydrogens (tertiary/aromatic N) is 1. The van der Waals surface area contributed by atoms with Crippen molar-refractivity contribution in [1.29, 1.82) is 0 Å². The molecule has 1 heteroatoms. The molecule has 1 rings (SSSR count). The van der Waals surface area contributed by atoms with Crippen molar-refractivity contribution in [1.82, 2.24) is 4.98 Å². The monoisotopic (exact) mass is 187 g/mol. The molecule has 0 aliphatic carbocycles. The fraction of sp³-hybridized carbons (Fsp3) is 0.308. The Bertz CT molecular complexity index is 320. The van der Waals surface area contributed by atoms with Gasteiger partial charge in [-0.05, 0) is 30.5 Å². The van der Waals surface area contributed by atoms with Gasteiger partial charge in [-0.15, -0.1) is 0 Å². The van der Waals surface area contributed by atoms with E-state index in [1.54, 1.807) is 0 Å². The van der Waals surface area contributed by atoms with Gasteiger partial charge in [-0.1, -0.05) is 38.1 Å². The summed E-state index contributed by atoms with van der Waals surface area (Å²) < 4.78 is 0. The second kappa shape index (κ2) is 5.38. The molecule has 0 bridgehead atoms. The van der Waals surface area contributed by atoms with Gasteiger partial charge in [0.05, 0.1) is 5.69 Å². The van der Waals surface area contributed by atoms with E-state index in [4.69, 9.17) is 0 Å². The summed E-state index contributed by atoms with van der Waals surface area (Å²) in [7, 11) is 0. The molecule has 0 aliphatic rings. The molecule has 0 N–H and O–H groups in total. The summed E-state index contributed by atoms with van der Waals surface area (Å²) in [5, 5.41) is 0. The summed E-state index contributed by atoms with van der Waals surface area (Å²) in [4.78, 5) is 4.37. The molecule has 0 amide bonds. The molecule has 0 fully saturated rings. The smallest absolute Gasteiger partial charge is 0.0696 e. The quantitative estimate of drug-likeness (QED) is 0.656. The van der Waals surface area contributed by atoms with Crippen LogP contribution in [-0.2, 0) is 6.42 Å². The third-order valence-electron chi connectivity index (χ3n) is 2.06. The third-order valence-corrected chi connectivity index (χ3v) is 2.06. The number of allylic oxidation sites excluding steroid dienone is 3. The standard InChI is InChI=1S/C13H17N/c1-4-6-11(3)13-9-8-12(7-5-2)10-14-13/h4,6,8-10H,3,5,7H2,1-2H3/b6-4-. The first kappa shape index (κ1) is 10.7. The summed E-state index contributed by atoms with van der Waals surface area (Å²) in [6.07, 6.45) is 8.15. The minimum atomic E-state index is 0.961. The molecule has 0 aliphatic heterocycles. The number of hydrogen-bond donors (Lipinski definition) is 0. The maximum Gasteiger partial charge on any atom is 0.0696 e. The van der Waals surface area contributed by atoms with Gasteiger partial charge in [0.25, 0.3) is 0 Å². The van der Waals surface area contributed by atoms with Crippen molar-refractivity contribution < 1.29 is 0 Å². The van der Waals surface area contributed by atoms with Gasteiger partial charge < -0.3 is 0 Å². The first-order chi connectivity index (χ1) is 6.77. The lowest BCUT2D eigenvalue weighted by Gasteiger charge is -2.01. The molecule has 0 radical (unpaired) electrons. The fourth-order valence-corrected chi connectivity index (χ4v) is 1.34. The molecule has 1 aromatic heterocycles. The zero-order valence-electron chi connectivity index (χ0n) is 8.96. The predicted molar refractivity (Wildman–Crippen MR) is 62.1 cm³/mol. The van der Waals surface area contributed by atoms with Crippen LogP contribution < -0.4 is 0 Å². The second-order valence-corrected chi connectivity index (χ2v) is 3.33. The summed E-state index contributed by atoms with van der Waals surface area (Å²) in [5.41, 5.74) is 3.23. The molecule has 0 atom stereocenters. The van der Waals surface area contributed by atoms with Crippen LogP contribution in [0.15, 0.2) is 37.1 Å². The Morgan fingerprint density at radius 3 is 2.79 bits per heavy atom. The normalized spacial score (nSPS) is 10.7. The number of pyridine rings is 1. The van der Waals surface area contributed by atoms with Crippen LogP contribution in [-0.4, -0.2) is 4.98 Å². The van der Waals surface area contributed by atoms with Gasteiger partial charge >= 0.3 is 0 Å². The topological polar surface area (TPSA) is 12.9 Å². The summed E-state index contributed by atoms with van der Waals surface area (Å²) in [6.45, 7) is 8.10. The molecule has 0 saturated carbocycles. The molecule has 1 nitrogen and oxygen atoms in total. The van der Waals surface area contributed by atoms with E-state index >= 15 is 0 Å². The molecular formula is C13H17N. The Morgan fingerprint density at radius 1 is 1.50 bits per heavy atom. The van der Waals surface area contributed by atoms with Gasteiger partial charge in [-0.3, -0.25) is 4.98 Å². The average molecular weight is 187 g/mol. The molecule has 0 aromatic carbocycles. The Balaban J connectivity index is 2.77. The first-order valence-electron chi connectivity index (χ1n) is 5.04. The van der Waals surface area contributed by atoms with E-state index in [0.29, 0.717) is 0 Å². The summed E-state index contributed by atoms with van der Waals surface area (Å²) in [5.74, 6) is 0. The zero-order chi connectivity index (χ0) is 10.4. The average Bonchev–Trinajstić information content (AvgIpc) is 2.20. The summed E-state index contributed by atoms with van der Waals surface area (Å²) in [6, 6.07) is 4.16. The molecule has 14 heavy (non-hydrogen) atoms. The highest BCUT2D eigenvalue weighted by molar-refractivity contribution is 5.69. The van der Waals surface area contributed by atoms with Gasteiger partial charge in [0.2, 0.25) is 0 Å². The maximum absolute atomic E-state index is 4.37. The van der Waals surface area contributed by atoms with Crippen LogP contribution in [0.5, 0.6) is 0 Å². The molecule has 0 saturated heterocycles. The van der Waals surface area contributed by atoms with Gasteiger partial charge in [0.1, 0.15) is 0 Å². The van der Waals surface area contributed by atoms with Crippen molar-refractivity contribution in [2.24, 2.45) is 0 Å². The van der Waals surface area contributed by atoms with E-state index in [1.807, 2.05) is 31.3 Å². The van der Waals surface area contributed by atoms with Crippen LogP contribution in [0.1, 0.15) is 31.5 Å². The summed E-state index contributed by atoms with van der Waals surface area (Å²) >= 11 is 0. The Labute approximate surface area is 86.2 Å². The van der Waals surface area contributed by atoms with Gasteiger partial charge in [-0.2, -0.15) is 0 Å². The molecule has 1 heterocycles. The van der Waals surface area contributed by atoms with E-state index in [9.17, 15) is 0 Å². The minimum Gasteiger partial charge on any atom is -0.256 e. The lowest BCUT2D eigenvalue weighted by Crippen LogP contribution is -1.89. The van der Waals surface area contributed by atoms with Crippen LogP contribution in [0.2, 0.25) is 0 Å². The lowest BCUT2D eigenvalue weighted by atomic mass is 10.1. The minimum absolute atomic E-state index is 0.961. The number of aryl methyl sites for hydroxylation is 1. The van der Waals surface area contributed by atoms with E-state index in [1.165, 1.54) is 5.56 Å². The van der Waals surface area contributed by atoms with Crippen LogP contribution in [0.25, 0.3) is 5.57 Å². The highest BCUT2D eigenvalue weighted by Gasteiger charge is 1.96. The molecular weight excluding hydrogens is 170 g/mol. The van der Waals surface area contributed by atoms with Crippen molar-refractivity contribution in [2.75, 3.05) is 0 Å². The van der Waals surface area contributed by atoms with Gasteiger partial charge in [0.15, 0.2) is 0 Å². The van der Waals surface area contributed by atoms with Crippen LogP contribution >= 0.6 is 0 Å². The van der Waals surface area contributed by atoms with Crippen molar-refractivity contribution in [3.8, 4) is 0 Å². The largest absolute Gasteiger partial charge is 0.256 e. The SMILES string of the molecule is C=C(/C=C\C)c1ccc(CCC)cn1. The second-order valence-electron chi connectivity index (χ2n) is 3.33. The van der Waals surface area contributed by atoms with Crippen LogP contribution in [0.3, 0.4) is 0 Å². The van der Waals surface area contributed by atoms with Crippen LogP contribution in [0, 0.1) is 0 Å². The van der Waals surface area contributed by atoms with E-state index in [2.05, 4.69) is 24.6 Å². The van der Waals surface area contributed by atoms with Crippen molar-refractivity contribution in [2.45, 2.75) is 26.7 Å².